The topological polar surface area (TPSA) is 66.0 Å². The molecule has 0 aromatic heterocycles. The van der Waals surface area contributed by atoms with E-state index in [-0.39, 0.29) is 47.6 Å². The second-order valence-electron chi connectivity index (χ2n) is 8.23. The Kier molecular flexibility index (Phi) is 10.4. The summed E-state index contributed by atoms with van der Waals surface area (Å²) in [4.78, 5) is 18.9. The molecule has 1 aliphatic heterocycles. The van der Waals surface area contributed by atoms with E-state index >= 15 is 0 Å². The van der Waals surface area contributed by atoms with Crippen LogP contribution in [0.4, 0.5) is 13.2 Å². The minimum atomic E-state index is -4.37. The third kappa shape index (κ3) is 8.32. The van der Waals surface area contributed by atoms with Crippen LogP contribution < -0.4 is 15.4 Å². The second-order valence-corrected chi connectivity index (χ2v) is 8.23. The van der Waals surface area contributed by atoms with Crippen molar-refractivity contribution in [1.82, 2.24) is 15.5 Å². The van der Waals surface area contributed by atoms with Gasteiger partial charge >= 0.3 is 6.18 Å². The van der Waals surface area contributed by atoms with E-state index in [0.717, 1.165) is 44.2 Å². The van der Waals surface area contributed by atoms with Gasteiger partial charge in [-0.25, -0.2) is 0 Å². The van der Waals surface area contributed by atoms with Gasteiger partial charge < -0.3 is 20.3 Å². The number of alkyl halides is 3. The molecular formula is C22H32F3IN4O2. The molecule has 2 N–H and O–H groups in total. The van der Waals surface area contributed by atoms with Gasteiger partial charge in [-0.05, 0) is 37.0 Å². The summed E-state index contributed by atoms with van der Waals surface area (Å²) in [6.07, 6.45) is 2.02. The standard InChI is InChI=1S/C22H31F3N4O2.HI/c1-26-21(27-13-16-6-5-9-19(12-16)31-15-22(23,24)25)28-18-10-11-29(14-18)20(30)17-7-3-2-4-8-17;/h5-6,9,12,17-18H,2-4,7-8,10-11,13-15H2,1H3,(H2,26,27,28);1H. The fraction of sp³-hybridized carbons (Fsp3) is 0.636. The first-order valence-electron chi connectivity index (χ1n) is 10.9. The SMILES string of the molecule is CN=C(NCc1cccc(OCC(F)(F)F)c1)NC1CCN(C(=O)C2CCCCC2)C1.I. The molecule has 1 heterocycles. The Morgan fingerprint density at radius 1 is 1.22 bits per heavy atom. The Labute approximate surface area is 204 Å². The number of ether oxygens (including phenoxy) is 1. The Morgan fingerprint density at radius 2 is 1.97 bits per heavy atom. The molecule has 6 nitrogen and oxygen atoms in total. The van der Waals surface area contributed by atoms with Crippen LogP contribution in [0.1, 0.15) is 44.1 Å². The number of likely N-dealkylation sites (tertiary alicyclic amines) is 1. The summed E-state index contributed by atoms with van der Waals surface area (Å²) in [6, 6.07) is 6.66. The predicted octanol–water partition coefficient (Wildman–Crippen LogP) is 4.09. The number of nitrogens with one attached hydrogen (secondary N) is 2. The van der Waals surface area contributed by atoms with E-state index in [9.17, 15) is 18.0 Å². The monoisotopic (exact) mass is 568 g/mol. The van der Waals surface area contributed by atoms with E-state index in [1.807, 2.05) is 4.90 Å². The summed E-state index contributed by atoms with van der Waals surface area (Å²) in [6.45, 7) is 0.491. The van der Waals surface area contributed by atoms with Crippen LogP contribution in [0.15, 0.2) is 29.3 Å². The lowest BCUT2D eigenvalue weighted by Crippen LogP contribution is -2.45. The summed E-state index contributed by atoms with van der Waals surface area (Å²) in [7, 11) is 1.66. The average molecular weight is 568 g/mol. The highest BCUT2D eigenvalue weighted by Crippen LogP contribution is 2.27. The van der Waals surface area contributed by atoms with Gasteiger partial charge in [0.25, 0.3) is 0 Å². The third-order valence-corrected chi connectivity index (χ3v) is 5.78. The van der Waals surface area contributed by atoms with Crippen molar-refractivity contribution in [2.24, 2.45) is 10.9 Å². The number of hydrogen-bond donors (Lipinski definition) is 2. The van der Waals surface area contributed by atoms with Crippen LogP contribution in [0.25, 0.3) is 0 Å². The molecular weight excluding hydrogens is 536 g/mol. The molecule has 1 aromatic carbocycles. The maximum atomic E-state index is 12.7. The zero-order chi connectivity index (χ0) is 22.3. The van der Waals surface area contributed by atoms with Gasteiger partial charge in [-0.1, -0.05) is 31.4 Å². The highest BCUT2D eigenvalue weighted by Gasteiger charge is 2.32. The highest BCUT2D eigenvalue weighted by atomic mass is 127. The van der Waals surface area contributed by atoms with Crippen molar-refractivity contribution >= 4 is 35.8 Å². The van der Waals surface area contributed by atoms with Crippen LogP contribution in [-0.2, 0) is 11.3 Å². The van der Waals surface area contributed by atoms with Crippen molar-refractivity contribution < 1.29 is 22.7 Å². The van der Waals surface area contributed by atoms with Gasteiger partial charge in [0, 0.05) is 38.6 Å². The summed E-state index contributed by atoms with van der Waals surface area (Å²) in [5, 5.41) is 6.53. The summed E-state index contributed by atoms with van der Waals surface area (Å²) < 4.78 is 41.8. The number of halogens is 4. The first-order chi connectivity index (χ1) is 14.8. The smallest absolute Gasteiger partial charge is 0.422 e. The number of hydrogen-bond acceptors (Lipinski definition) is 3. The van der Waals surface area contributed by atoms with E-state index in [0.29, 0.717) is 19.0 Å². The number of nitrogens with zero attached hydrogens (tertiary/aromatic N) is 2. The van der Waals surface area contributed by atoms with Crippen LogP contribution in [0.5, 0.6) is 5.75 Å². The molecule has 0 radical (unpaired) electrons. The van der Waals surface area contributed by atoms with E-state index in [4.69, 9.17) is 4.74 Å². The number of amides is 1. The quantitative estimate of drug-likeness (QED) is 0.309. The van der Waals surface area contributed by atoms with E-state index in [1.165, 1.54) is 12.5 Å². The predicted molar refractivity (Wildman–Crippen MR) is 128 cm³/mol. The molecule has 2 fully saturated rings. The number of carbonyl (C=O) groups is 1. The van der Waals surface area contributed by atoms with Crippen molar-refractivity contribution in [2.45, 2.75) is 57.3 Å². The molecule has 1 amide bonds. The Hall–Kier alpha value is -1.72. The molecule has 3 rings (SSSR count). The first kappa shape index (κ1) is 26.5. The molecule has 1 saturated carbocycles. The molecule has 0 bridgehead atoms. The molecule has 1 atom stereocenters. The number of rotatable bonds is 6. The maximum Gasteiger partial charge on any atom is 0.422 e. The molecule has 1 aromatic rings. The van der Waals surface area contributed by atoms with Crippen LogP contribution in [-0.4, -0.2) is 55.7 Å². The van der Waals surface area contributed by atoms with Crippen molar-refractivity contribution in [3.05, 3.63) is 29.8 Å². The van der Waals surface area contributed by atoms with Gasteiger partial charge in [0.05, 0.1) is 0 Å². The summed E-state index contributed by atoms with van der Waals surface area (Å²) in [5.41, 5.74) is 0.781. The van der Waals surface area contributed by atoms with E-state index in [2.05, 4.69) is 15.6 Å². The maximum absolute atomic E-state index is 12.7. The lowest BCUT2D eigenvalue weighted by Gasteiger charge is -2.26. The minimum Gasteiger partial charge on any atom is -0.484 e. The Balaban J connectivity index is 0.00000363. The summed E-state index contributed by atoms with van der Waals surface area (Å²) in [5.74, 6) is 1.23. The molecule has 1 unspecified atom stereocenters. The molecule has 2 aliphatic rings. The number of aliphatic imine (C=N–C) groups is 1. The van der Waals surface area contributed by atoms with E-state index in [1.54, 1.807) is 25.2 Å². The first-order valence-corrected chi connectivity index (χ1v) is 10.9. The average Bonchev–Trinajstić information content (AvgIpc) is 3.23. The van der Waals surface area contributed by atoms with Crippen LogP contribution in [0.3, 0.4) is 0 Å². The van der Waals surface area contributed by atoms with Crippen molar-refractivity contribution in [2.75, 3.05) is 26.7 Å². The Bertz CT molecular complexity index is 770. The van der Waals surface area contributed by atoms with Crippen LogP contribution in [0, 0.1) is 5.92 Å². The number of carbonyl (C=O) groups excluding carboxylic acids is 1. The largest absolute Gasteiger partial charge is 0.484 e. The lowest BCUT2D eigenvalue weighted by molar-refractivity contribution is -0.153. The zero-order valence-corrected chi connectivity index (χ0v) is 20.6. The van der Waals surface area contributed by atoms with Gasteiger partial charge in [-0.3, -0.25) is 9.79 Å². The molecule has 1 saturated heterocycles. The molecule has 0 spiro atoms. The van der Waals surface area contributed by atoms with E-state index < -0.39 is 12.8 Å². The zero-order valence-electron chi connectivity index (χ0n) is 18.3. The molecule has 180 valence electrons. The molecule has 10 heteroatoms. The third-order valence-electron chi connectivity index (χ3n) is 5.78. The van der Waals surface area contributed by atoms with Crippen LogP contribution in [0.2, 0.25) is 0 Å². The fourth-order valence-electron chi connectivity index (χ4n) is 4.17. The van der Waals surface area contributed by atoms with Gasteiger partial charge in [0.15, 0.2) is 12.6 Å². The number of benzene rings is 1. The molecule has 32 heavy (non-hydrogen) atoms. The van der Waals surface area contributed by atoms with Crippen molar-refractivity contribution in [3.63, 3.8) is 0 Å². The minimum absolute atomic E-state index is 0. The van der Waals surface area contributed by atoms with Crippen molar-refractivity contribution in [3.8, 4) is 5.75 Å². The normalized spacial score (nSPS) is 19.9. The van der Waals surface area contributed by atoms with Gasteiger partial charge in [-0.2, -0.15) is 13.2 Å². The second kappa shape index (κ2) is 12.5. The van der Waals surface area contributed by atoms with Gasteiger partial charge in [0.1, 0.15) is 5.75 Å². The van der Waals surface area contributed by atoms with Gasteiger partial charge in [-0.15, -0.1) is 24.0 Å². The summed E-state index contributed by atoms with van der Waals surface area (Å²) >= 11 is 0. The van der Waals surface area contributed by atoms with Gasteiger partial charge in [0.2, 0.25) is 5.91 Å². The van der Waals surface area contributed by atoms with Crippen molar-refractivity contribution in [1.29, 1.82) is 0 Å². The fourth-order valence-corrected chi connectivity index (χ4v) is 4.17. The lowest BCUT2D eigenvalue weighted by atomic mass is 9.88. The number of guanidine groups is 1. The Morgan fingerprint density at radius 3 is 2.66 bits per heavy atom. The highest BCUT2D eigenvalue weighted by molar-refractivity contribution is 14.0. The molecule has 1 aliphatic carbocycles. The van der Waals surface area contributed by atoms with Crippen LogP contribution >= 0.6 is 24.0 Å².